The van der Waals surface area contributed by atoms with Crippen LogP contribution in [0.1, 0.15) is 13.3 Å². The summed E-state index contributed by atoms with van der Waals surface area (Å²) in [6.45, 7) is 2.41. The maximum absolute atomic E-state index is 12.1. The van der Waals surface area contributed by atoms with E-state index in [4.69, 9.17) is 0 Å². The van der Waals surface area contributed by atoms with E-state index < -0.39 is 12.6 Å². The maximum atomic E-state index is 12.1. The average molecular weight is 316 g/mol. The number of anilines is 1. The summed E-state index contributed by atoms with van der Waals surface area (Å²) >= 11 is 0. The number of halogens is 3. The maximum Gasteiger partial charge on any atom is 0.390 e. The molecular formula is C15H23F3N4. The Kier molecular flexibility index (Phi) is 7.01. The van der Waals surface area contributed by atoms with Crippen molar-refractivity contribution in [3.63, 3.8) is 0 Å². The third-order valence-electron chi connectivity index (χ3n) is 3.31. The van der Waals surface area contributed by atoms with Gasteiger partial charge in [-0.1, -0.05) is 18.2 Å². The van der Waals surface area contributed by atoms with E-state index in [2.05, 4.69) is 20.5 Å². The monoisotopic (exact) mass is 316 g/mol. The van der Waals surface area contributed by atoms with Crippen LogP contribution in [0.2, 0.25) is 0 Å². The van der Waals surface area contributed by atoms with Crippen molar-refractivity contribution in [2.45, 2.75) is 25.6 Å². The van der Waals surface area contributed by atoms with E-state index in [1.165, 1.54) is 7.05 Å². The normalized spacial score (nSPS) is 13.6. The average Bonchev–Trinajstić information content (AvgIpc) is 2.49. The van der Waals surface area contributed by atoms with Crippen molar-refractivity contribution >= 4 is 11.6 Å². The molecule has 2 N–H and O–H groups in total. The lowest BCUT2D eigenvalue weighted by Gasteiger charge is -2.27. The van der Waals surface area contributed by atoms with Gasteiger partial charge in [0.05, 0.1) is 6.42 Å². The van der Waals surface area contributed by atoms with Gasteiger partial charge in [0, 0.05) is 38.9 Å². The molecule has 0 aliphatic carbocycles. The van der Waals surface area contributed by atoms with Crippen molar-refractivity contribution < 1.29 is 13.2 Å². The summed E-state index contributed by atoms with van der Waals surface area (Å²) in [5.74, 6) is 0.373. The van der Waals surface area contributed by atoms with Gasteiger partial charge in [0.2, 0.25) is 0 Å². The van der Waals surface area contributed by atoms with Gasteiger partial charge < -0.3 is 15.5 Å². The third kappa shape index (κ3) is 6.69. The van der Waals surface area contributed by atoms with Gasteiger partial charge in [-0.25, -0.2) is 0 Å². The van der Waals surface area contributed by atoms with E-state index in [0.717, 1.165) is 5.69 Å². The first-order valence-corrected chi connectivity index (χ1v) is 7.12. The molecule has 0 bridgehead atoms. The smallest absolute Gasteiger partial charge is 0.370 e. The molecule has 0 saturated carbocycles. The second kappa shape index (κ2) is 8.51. The van der Waals surface area contributed by atoms with Crippen LogP contribution in [0.5, 0.6) is 0 Å². The van der Waals surface area contributed by atoms with E-state index in [-0.39, 0.29) is 12.6 Å². The zero-order valence-electron chi connectivity index (χ0n) is 13.1. The van der Waals surface area contributed by atoms with Crippen molar-refractivity contribution in [3.8, 4) is 0 Å². The molecule has 0 fully saturated rings. The summed E-state index contributed by atoms with van der Waals surface area (Å²) < 4.78 is 36.3. The van der Waals surface area contributed by atoms with E-state index in [1.54, 1.807) is 0 Å². The second-order valence-electron chi connectivity index (χ2n) is 5.04. The Morgan fingerprint density at radius 1 is 1.23 bits per heavy atom. The van der Waals surface area contributed by atoms with E-state index in [1.807, 2.05) is 44.3 Å². The Hall–Kier alpha value is -1.92. The van der Waals surface area contributed by atoms with Crippen molar-refractivity contribution in [2.75, 3.05) is 32.1 Å². The summed E-state index contributed by atoms with van der Waals surface area (Å²) in [6, 6.07) is 10.0. The molecule has 0 aliphatic rings. The predicted octanol–water partition coefficient (Wildman–Crippen LogP) is 2.63. The molecule has 1 unspecified atom stereocenters. The molecule has 0 saturated heterocycles. The van der Waals surface area contributed by atoms with Crippen LogP contribution >= 0.6 is 0 Å². The van der Waals surface area contributed by atoms with Crippen LogP contribution in [0, 0.1) is 0 Å². The van der Waals surface area contributed by atoms with Gasteiger partial charge >= 0.3 is 6.18 Å². The molecule has 1 aromatic carbocycles. The lowest BCUT2D eigenvalue weighted by atomic mass is 10.2. The molecule has 1 aromatic rings. The van der Waals surface area contributed by atoms with Crippen LogP contribution in [0.25, 0.3) is 0 Å². The second-order valence-corrected chi connectivity index (χ2v) is 5.04. The highest BCUT2D eigenvalue weighted by atomic mass is 19.4. The highest BCUT2D eigenvalue weighted by Gasteiger charge is 2.26. The third-order valence-corrected chi connectivity index (χ3v) is 3.31. The molecule has 0 spiro atoms. The lowest BCUT2D eigenvalue weighted by Crippen LogP contribution is -2.45. The predicted molar refractivity (Wildman–Crippen MR) is 84.3 cm³/mol. The van der Waals surface area contributed by atoms with Gasteiger partial charge in [0.1, 0.15) is 0 Å². The van der Waals surface area contributed by atoms with Crippen LogP contribution in [0.3, 0.4) is 0 Å². The van der Waals surface area contributed by atoms with E-state index in [0.29, 0.717) is 12.5 Å². The minimum absolute atomic E-state index is 0.156. The molecule has 22 heavy (non-hydrogen) atoms. The molecule has 1 rings (SSSR count). The summed E-state index contributed by atoms with van der Waals surface area (Å²) in [4.78, 5) is 6.01. The number of nitrogens with zero attached hydrogens (tertiary/aromatic N) is 2. The van der Waals surface area contributed by atoms with Crippen LogP contribution in [-0.4, -0.2) is 45.4 Å². The van der Waals surface area contributed by atoms with Crippen molar-refractivity contribution in [1.82, 2.24) is 10.6 Å². The molecule has 1 atom stereocenters. The fraction of sp³-hybridized carbons (Fsp3) is 0.533. The lowest BCUT2D eigenvalue weighted by molar-refractivity contribution is -0.132. The van der Waals surface area contributed by atoms with E-state index in [9.17, 15) is 13.2 Å². The summed E-state index contributed by atoms with van der Waals surface area (Å²) in [5, 5.41) is 5.70. The molecule has 0 radical (unpaired) electrons. The number of guanidine groups is 1. The quantitative estimate of drug-likeness (QED) is 0.626. The van der Waals surface area contributed by atoms with E-state index >= 15 is 0 Å². The van der Waals surface area contributed by atoms with Crippen LogP contribution < -0.4 is 15.5 Å². The Bertz CT molecular complexity index is 460. The number of alkyl halides is 3. The Balaban J connectivity index is 2.39. The highest BCUT2D eigenvalue weighted by molar-refractivity contribution is 5.79. The molecule has 4 nitrogen and oxygen atoms in total. The van der Waals surface area contributed by atoms with Crippen LogP contribution in [-0.2, 0) is 0 Å². The zero-order chi connectivity index (χ0) is 16.6. The van der Waals surface area contributed by atoms with Gasteiger partial charge in [0.15, 0.2) is 5.96 Å². The molecule has 0 heterocycles. The minimum atomic E-state index is -4.16. The highest BCUT2D eigenvalue weighted by Crippen LogP contribution is 2.18. The van der Waals surface area contributed by atoms with Crippen LogP contribution in [0.15, 0.2) is 35.3 Å². The Labute approximate surface area is 129 Å². The SMILES string of the molecule is CN=C(NCCC(F)(F)F)NCC(C)N(C)c1ccccc1. The number of para-hydroxylation sites is 1. The molecule has 0 aliphatic heterocycles. The molecular weight excluding hydrogens is 293 g/mol. The van der Waals surface area contributed by atoms with Crippen molar-refractivity contribution in [3.05, 3.63) is 30.3 Å². The number of benzene rings is 1. The summed E-state index contributed by atoms with van der Waals surface area (Å²) in [6.07, 6.45) is -5.04. The standard InChI is InChI=1S/C15H23F3N4/c1-12(22(3)13-7-5-4-6-8-13)11-21-14(19-2)20-10-9-15(16,17)18/h4-8,12H,9-11H2,1-3H3,(H2,19,20,21). The fourth-order valence-electron chi connectivity index (χ4n) is 1.84. The number of hydrogen-bond donors (Lipinski definition) is 2. The Morgan fingerprint density at radius 2 is 1.86 bits per heavy atom. The topological polar surface area (TPSA) is 39.7 Å². The summed E-state index contributed by atoms with van der Waals surface area (Å²) in [5.41, 5.74) is 1.08. The first-order chi connectivity index (χ1) is 10.3. The molecule has 0 amide bonds. The van der Waals surface area contributed by atoms with Crippen molar-refractivity contribution in [1.29, 1.82) is 0 Å². The van der Waals surface area contributed by atoms with Gasteiger partial charge in [-0.3, -0.25) is 4.99 Å². The minimum Gasteiger partial charge on any atom is -0.370 e. The molecule has 7 heteroatoms. The number of likely N-dealkylation sites (N-methyl/N-ethyl adjacent to an activating group) is 1. The number of nitrogens with one attached hydrogen (secondary N) is 2. The fourth-order valence-corrected chi connectivity index (χ4v) is 1.84. The van der Waals surface area contributed by atoms with Crippen molar-refractivity contribution in [2.24, 2.45) is 4.99 Å². The number of aliphatic imine (C=N–C) groups is 1. The largest absolute Gasteiger partial charge is 0.390 e. The summed E-state index contributed by atoms with van der Waals surface area (Å²) in [7, 11) is 3.51. The number of hydrogen-bond acceptors (Lipinski definition) is 2. The van der Waals surface area contributed by atoms with Gasteiger partial charge in [-0.15, -0.1) is 0 Å². The number of rotatable bonds is 6. The molecule has 124 valence electrons. The van der Waals surface area contributed by atoms with Crippen LogP contribution in [0.4, 0.5) is 18.9 Å². The zero-order valence-corrected chi connectivity index (χ0v) is 13.1. The first kappa shape index (κ1) is 18.1. The van der Waals surface area contributed by atoms with Gasteiger partial charge in [-0.2, -0.15) is 13.2 Å². The Morgan fingerprint density at radius 3 is 2.41 bits per heavy atom. The first-order valence-electron chi connectivity index (χ1n) is 7.12. The van der Waals surface area contributed by atoms with Gasteiger partial charge in [-0.05, 0) is 19.1 Å². The molecule has 0 aromatic heterocycles. The van der Waals surface area contributed by atoms with Gasteiger partial charge in [0.25, 0.3) is 0 Å².